The molecule has 127 heavy (non-hydrogen) atoms. The van der Waals surface area contributed by atoms with Gasteiger partial charge in [-0.15, -0.1) is 0 Å². The third-order valence-corrected chi connectivity index (χ3v) is 21.4. The number of amides is 5. The fourth-order valence-corrected chi connectivity index (χ4v) is 13.6. The van der Waals surface area contributed by atoms with Crippen LogP contribution in [0.5, 0.6) is 0 Å². The summed E-state index contributed by atoms with van der Waals surface area (Å²) in [6.45, 7) is 61.0. The molecule has 0 aliphatic heterocycles. The second-order valence-corrected chi connectivity index (χ2v) is 36.1. The summed E-state index contributed by atoms with van der Waals surface area (Å²) in [5.41, 5.74) is 10.3. The first kappa shape index (κ1) is 94.8. The largest absolute Gasteiger partial charge is 0.392 e. The van der Waals surface area contributed by atoms with Crippen LogP contribution in [0.1, 0.15) is 185 Å². The van der Waals surface area contributed by atoms with E-state index in [1.165, 1.54) is 68.5 Å². The maximum Gasteiger partial charge on any atom is 0.373 e. The van der Waals surface area contributed by atoms with Gasteiger partial charge in [-0.3, -0.25) is 59.7 Å². The highest BCUT2D eigenvalue weighted by molar-refractivity contribution is 5.99. The second kappa shape index (κ2) is 39.6. The van der Waals surface area contributed by atoms with Crippen LogP contribution in [-0.4, -0.2) is 111 Å². The standard InChI is InChI=1S/C21H21FN4O.C19H17FN4O2.C18H19N5O2.C18H22N4O2.C18H25N3O.CO2/c1-13(21(2,3)4)19(27)25-20-24-17-11-8-15(23-5)12-18(17)26(20)16-9-6-14(22)7-10-16;1-19(2,26)11-17(25)23-18-22-15-9-6-13(21-3)10-16(15)24(18)14-7-4-12(20)5-8-14;1-11-8-16(25-22-11)23-14-9-12(19-5)6-7-13(14)20-17(23)21-15(24)10-18(2,3)4;1-11(23)18(2,3)16(24)21-17-20-14-9-8-12(19-4)10-15(14)22(17)13-6-5-7-13;1-12-7-5-10-14-16(12)21(13-8-6-9-13)17(19-14)20-15(22)11-18(2,3)4;2-1-3/h6-13H,1-4H3,(H,24,25,27);4-10,26H,11H2,1-2H3,(H,22,23,25);6-9H,10H2,1-4H3,(H,20,21,24);8-11,13,23H,5-7H2,1-3H3,(H,20,21,24);5,7,10,13H,6,8-9,11H2,1-4H3,(H,19,20,22);/t13-;;;;;/m1...../s1. The fraction of sp³-hybridized carbons (Fsp3) is 0.368. The average Bonchev–Trinajstić information content (AvgIpc) is 1.64. The SMILES string of the molecule is Cc1cccc2nc(NC(=O)CC(C)(C)C)n(C3CCC3)c12.O=C=O.[C-]#[N+]c1ccc2nc(NC(=O)C(C)(C)C(C)O)n(C3CCC3)c2c1.[C-]#[N+]c1ccc2nc(NC(=O)CC(C)(C)C)n(-c3cc(C)no3)c2c1.[C-]#[N+]c1ccc2nc(NC(=O)CC(C)(C)O)n(-c3ccc(F)cc3)c2c1.[C-]#[N+]c1ccc2nc(NC(=O)[C@@H](C)C(C)(C)C)n(-c3ccc(F)cc3)c2c1. The minimum absolute atomic E-state index is 0.0205. The van der Waals surface area contributed by atoms with Gasteiger partial charge in [0.1, 0.15) is 11.6 Å². The molecule has 2 aliphatic rings. The van der Waals surface area contributed by atoms with Crippen LogP contribution >= 0.6 is 0 Å². The van der Waals surface area contributed by atoms with Crippen LogP contribution in [0.3, 0.4) is 0 Å². The van der Waals surface area contributed by atoms with Crippen molar-refractivity contribution in [3.05, 3.63) is 214 Å². The summed E-state index contributed by atoms with van der Waals surface area (Å²) < 4.78 is 41.4. The number of aliphatic hydroxyl groups excluding tert-OH is 1. The summed E-state index contributed by atoms with van der Waals surface area (Å²) in [6.07, 6.45) is 7.06. The lowest BCUT2D eigenvalue weighted by atomic mass is 9.81. The minimum atomic E-state index is -1.16. The Labute approximate surface area is 734 Å². The molecule has 2 atom stereocenters. The van der Waals surface area contributed by atoms with E-state index < -0.39 is 23.0 Å². The Morgan fingerprint density at radius 3 is 1.24 bits per heavy atom. The van der Waals surface area contributed by atoms with Crippen molar-refractivity contribution in [1.29, 1.82) is 0 Å². The number of hydrogen-bond donors (Lipinski definition) is 7. The third-order valence-electron chi connectivity index (χ3n) is 21.4. The molecule has 0 spiro atoms. The molecule has 0 radical (unpaired) electrons. The Kier molecular flexibility index (Phi) is 29.6. The first-order valence-electron chi connectivity index (χ1n) is 41.3. The monoisotopic (exact) mass is 1720 g/mol. The summed E-state index contributed by atoms with van der Waals surface area (Å²) in [7, 11) is 0. The predicted octanol–water partition coefficient (Wildman–Crippen LogP) is 20.9. The Hall–Kier alpha value is -14.4. The topological polar surface area (TPSA) is 353 Å². The van der Waals surface area contributed by atoms with Crippen LogP contribution in [0.15, 0.2) is 150 Å². The summed E-state index contributed by atoms with van der Waals surface area (Å²) in [5.74, 6) is 0.707. The number of fused-ring (bicyclic) bond motifs is 5. The number of aromatic nitrogens is 11. The molecule has 0 bridgehead atoms. The quantitative estimate of drug-likeness (QED) is 0.0416. The van der Waals surface area contributed by atoms with E-state index in [9.17, 15) is 43.0 Å². The van der Waals surface area contributed by atoms with Crippen LogP contribution in [0.4, 0.5) is 61.3 Å². The minimum Gasteiger partial charge on any atom is -0.392 e. The van der Waals surface area contributed by atoms with E-state index in [1.807, 2.05) is 84.2 Å². The molecule has 658 valence electrons. The third kappa shape index (κ3) is 23.7. The number of anilines is 5. The summed E-state index contributed by atoms with van der Waals surface area (Å²) in [4.78, 5) is 115. The zero-order valence-electron chi connectivity index (χ0n) is 74.2. The van der Waals surface area contributed by atoms with Gasteiger partial charge < -0.3 is 23.9 Å². The van der Waals surface area contributed by atoms with Gasteiger partial charge in [0.2, 0.25) is 65.2 Å². The normalized spacial score (nSPS) is 13.2. The van der Waals surface area contributed by atoms with Crippen molar-refractivity contribution in [2.24, 2.45) is 27.6 Å². The first-order chi connectivity index (χ1) is 59.8. The van der Waals surface area contributed by atoms with Crippen LogP contribution < -0.4 is 26.6 Å². The van der Waals surface area contributed by atoms with Crippen LogP contribution in [0.25, 0.3) is 91.8 Å². The van der Waals surface area contributed by atoms with E-state index in [1.54, 1.807) is 125 Å². The number of benzene rings is 7. The van der Waals surface area contributed by atoms with Gasteiger partial charge in [-0.1, -0.05) is 111 Å². The summed E-state index contributed by atoms with van der Waals surface area (Å²) in [6, 6.07) is 41.0. The van der Waals surface area contributed by atoms with Gasteiger partial charge in [-0.2, -0.15) is 9.59 Å². The molecule has 2 fully saturated rings. The molecule has 13 aromatic rings. The number of carbonyl (C=O) groups is 5. The van der Waals surface area contributed by atoms with Crippen LogP contribution in [-0.2, 0) is 33.6 Å². The second-order valence-electron chi connectivity index (χ2n) is 36.1. The molecule has 32 heteroatoms. The molecule has 1 unspecified atom stereocenters. The van der Waals surface area contributed by atoms with E-state index in [0.29, 0.717) is 128 Å². The number of nitrogens with zero attached hydrogens (tertiary/aromatic N) is 15. The van der Waals surface area contributed by atoms with E-state index in [0.717, 1.165) is 35.8 Å². The van der Waals surface area contributed by atoms with Crippen molar-refractivity contribution in [3.63, 3.8) is 0 Å². The number of rotatable bonds is 17. The molecule has 0 saturated heterocycles. The lowest BCUT2D eigenvalue weighted by molar-refractivity contribution is -0.191. The number of aryl methyl sites for hydroxylation is 2. The zero-order chi connectivity index (χ0) is 92.9. The van der Waals surface area contributed by atoms with Gasteiger partial charge in [0, 0.05) is 48.3 Å². The van der Waals surface area contributed by atoms with E-state index >= 15 is 0 Å². The fourth-order valence-electron chi connectivity index (χ4n) is 13.6. The van der Waals surface area contributed by atoms with Gasteiger partial charge >= 0.3 is 6.15 Å². The molecule has 2 saturated carbocycles. The maximum atomic E-state index is 13.4. The molecule has 6 heterocycles. The van der Waals surface area contributed by atoms with Crippen molar-refractivity contribution in [2.45, 2.75) is 199 Å². The number of aliphatic hydroxyl groups is 2. The first-order valence-corrected chi connectivity index (χ1v) is 41.3. The summed E-state index contributed by atoms with van der Waals surface area (Å²) >= 11 is 0. The maximum absolute atomic E-state index is 13.4. The number of carbonyl (C=O) groups excluding carboxylic acids is 7. The van der Waals surface area contributed by atoms with Gasteiger partial charge in [0.05, 0.1) is 111 Å². The van der Waals surface area contributed by atoms with Crippen molar-refractivity contribution in [2.75, 3.05) is 26.6 Å². The van der Waals surface area contributed by atoms with Crippen molar-refractivity contribution >= 4 is 143 Å². The average molecular weight is 1720 g/mol. The number of imidazole rings is 5. The Balaban J connectivity index is 0.000000164. The molecule has 15 rings (SSSR count). The van der Waals surface area contributed by atoms with Crippen molar-refractivity contribution in [3.8, 4) is 17.3 Å². The lowest BCUT2D eigenvalue weighted by Crippen LogP contribution is -2.40. The molecule has 5 amide bonds. The predicted molar refractivity (Wildman–Crippen MR) is 484 cm³/mol. The van der Waals surface area contributed by atoms with Gasteiger partial charge in [-0.25, -0.2) is 57.6 Å². The molecule has 7 aromatic carbocycles. The van der Waals surface area contributed by atoms with E-state index in [-0.39, 0.29) is 75.9 Å². The number of halogens is 2. The highest BCUT2D eigenvalue weighted by Gasteiger charge is 2.36. The zero-order valence-corrected chi connectivity index (χ0v) is 74.2. The molecule has 2 aliphatic carbocycles. The van der Waals surface area contributed by atoms with E-state index in [4.69, 9.17) is 40.4 Å². The molecule has 7 N–H and O–H groups in total. The molecular formula is C95H104F2N20O10. The molecule has 30 nitrogen and oxygen atoms in total. The Bertz CT molecular complexity index is 6460. The Morgan fingerprint density at radius 1 is 0.488 bits per heavy atom. The Morgan fingerprint density at radius 2 is 0.858 bits per heavy atom. The smallest absolute Gasteiger partial charge is 0.373 e. The number of nitrogens with one attached hydrogen (secondary N) is 5. The highest BCUT2D eigenvalue weighted by atomic mass is 19.1. The number of para-hydroxylation sites is 1. The van der Waals surface area contributed by atoms with Gasteiger partial charge in [-0.05, 0) is 212 Å². The van der Waals surface area contributed by atoms with Crippen LogP contribution in [0.2, 0.25) is 0 Å². The summed E-state index contributed by atoms with van der Waals surface area (Å²) in [5, 5.41) is 38.0. The number of hydrogen-bond acceptors (Lipinski definition) is 16. The lowest BCUT2D eigenvalue weighted by Gasteiger charge is -2.31. The van der Waals surface area contributed by atoms with Gasteiger partial charge in [0.25, 0.3) is 0 Å². The molecular weight excluding hydrogens is 1620 g/mol. The van der Waals surface area contributed by atoms with Gasteiger partial charge in [0.15, 0.2) is 22.7 Å². The van der Waals surface area contributed by atoms with E-state index in [2.05, 4.69) is 114 Å². The van der Waals surface area contributed by atoms with Crippen molar-refractivity contribution in [1.82, 2.24) is 52.9 Å². The highest BCUT2D eigenvalue weighted by Crippen LogP contribution is 2.42. The molecule has 6 aromatic heterocycles. The van der Waals surface area contributed by atoms with Crippen molar-refractivity contribution < 1.29 is 57.1 Å². The van der Waals surface area contributed by atoms with Crippen LogP contribution in [0, 0.1) is 79.3 Å².